The first-order valence-electron chi connectivity index (χ1n) is 5.64. The van der Waals surface area contributed by atoms with Crippen molar-refractivity contribution in [1.29, 1.82) is 0 Å². The maximum atomic E-state index is 11.7. The Morgan fingerprint density at radius 3 is 2.52 bits per heavy atom. The maximum Gasteiger partial charge on any atom is 0.328 e. The molecule has 21 heavy (non-hydrogen) atoms. The molecule has 0 aliphatic heterocycles. The summed E-state index contributed by atoms with van der Waals surface area (Å²) in [4.78, 5) is 32.5. The van der Waals surface area contributed by atoms with Crippen molar-refractivity contribution in [3.05, 3.63) is 32.8 Å². The van der Waals surface area contributed by atoms with E-state index in [0.717, 1.165) is 6.07 Å². The van der Waals surface area contributed by atoms with Crippen molar-refractivity contribution in [2.45, 2.75) is 19.1 Å². The molecule has 1 aromatic rings. The zero-order valence-corrected chi connectivity index (χ0v) is 12.3. The third kappa shape index (κ3) is 4.68. The number of carboxylic acid groups (broad SMARTS) is 1. The minimum absolute atomic E-state index is 0.0939. The van der Waals surface area contributed by atoms with Crippen molar-refractivity contribution < 1.29 is 24.7 Å². The van der Waals surface area contributed by atoms with E-state index in [1.54, 1.807) is 0 Å². The minimum atomic E-state index is -1.50. The van der Waals surface area contributed by atoms with Crippen LogP contribution in [0.2, 0.25) is 0 Å². The molecule has 0 radical (unpaired) electrons. The lowest BCUT2D eigenvalue weighted by molar-refractivity contribution is -0.384. The lowest BCUT2D eigenvalue weighted by Gasteiger charge is -2.17. The highest BCUT2D eigenvalue weighted by molar-refractivity contribution is 9.10. The highest BCUT2D eigenvalue weighted by Crippen LogP contribution is 2.26. The van der Waals surface area contributed by atoms with Crippen LogP contribution in [0, 0.1) is 10.1 Å². The molecule has 2 amide bonds. The summed E-state index contributed by atoms with van der Waals surface area (Å²) in [6.45, 7) is 1.21. The summed E-state index contributed by atoms with van der Waals surface area (Å²) in [7, 11) is 0. The monoisotopic (exact) mass is 361 g/mol. The van der Waals surface area contributed by atoms with Crippen molar-refractivity contribution in [2.75, 3.05) is 5.32 Å². The first-order chi connectivity index (χ1) is 9.72. The summed E-state index contributed by atoms with van der Waals surface area (Å²) in [5.41, 5.74) is -0.143. The van der Waals surface area contributed by atoms with Crippen molar-refractivity contribution in [3.8, 4) is 0 Å². The Hall–Kier alpha value is -2.20. The molecule has 0 saturated carbocycles. The molecule has 10 heteroatoms. The summed E-state index contributed by atoms with van der Waals surface area (Å²) in [6, 6.07) is 1.31. The van der Waals surface area contributed by atoms with Crippen LogP contribution in [-0.2, 0) is 4.79 Å². The summed E-state index contributed by atoms with van der Waals surface area (Å²) in [5, 5.41) is 33.1. The fraction of sp³-hybridized carbons (Fsp3) is 0.273. The molecule has 0 spiro atoms. The number of carbonyl (C=O) groups is 2. The second kappa shape index (κ2) is 6.99. The van der Waals surface area contributed by atoms with E-state index in [2.05, 4.69) is 26.6 Å². The average Bonchev–Trinajstić information content (AvgIpc) is 2.37. The first-order valence-corrected chi connectivity index (χ1v) is 6.44. The number of hydrogen-bond donors (Lipinski definition) is 4. The number of nitro groups is 1. The van der Waals surface area contributed by atoms with E-state index < -0.39 is 29.1 Å². The molecular formula is C11H12BrN3O6. The zero-order valence-electron chi connectivity index (χ0n) is 10.7. The second-order valence-electron chi connectivity index (χ2n) is 4.08. The average molecular weight is 362 g/mol. The van der Waals surface area contributed by atoms with Gasteiger partial charge in [-0.05, 0) is 28.9 Å². The number of aliphatic hydroxyl groups is 1. The molecule has 0 bridgehead atoms. The van der Waals surface area contributed by atoms with Gasteiger partial charge in [0, 0.05) is 16.6 Å². The quantitative estimate of drug-likeness (QED) is 0.460. The van der Waals surface area contributed by atoms with Crippen LogP contribution >= 0.6 is 15.9 Å². The molecule has 0 aliphatic carbocycles. The molecule has 114 valence electrons. The largest absolute Gasteiger partial charge is 0.480 e. The first kappa shape index (κ1) is 16.9. The summed E-state index contributed by atoms with van der Waals surface area (Å²) in [5.74, 6) is -1.40. The molecule has 0 aromatic heterocycles. The number of carbonyl (C=O) groups excluding carboxylic acids is 1. The van der Waals surface area contributed by atoms with Crippen LogP contribution in [0.1, 0.15) is 6.92 Å². The number of aliphatic hydroxyl groups excluding tert-OH is 1. The number of aliphatic carboxylic acids is 1. The Morgan fingerprint density at radius 2 is 2.05 bits per heavy atom. The number of halogens is 1. The molecule has 1 aromatic carbocycles. The third-order valence-electron chi connectivity index (χ3n) is 2.44. The molecule has 0 saturated heterocycles. The SMILES string of the molecule is C[C@@H](O)[C@H](NC(=O)Nc1cc([N+](=O)[O-])ccc1Br)C(=O)O. The van der Waals surface area contributed by atoms with Crippen molar-refractivity contribution in [1.82, 2.24) is 5.32 Å². The van der Waals surface area contributed by atoms with Gasteiger partial charge >= 0.3 is 12.0 Å². The maximum absolute atomic E-state index is 11.7. The molecule has 0 heterocycles. The minimum Gasteiger partial charge on any atom is -0.480 e. The van der Waals surface area contributed by atoms with Crippen LogP contribution in [0.4, 0.5) is 16.2 Å². The van der Waals surface area contributed by atoms with E-state index in [9.17, 15) is 24.8 Å². The van der Waals surface area contributed by atoms with Crippen molar-refractivity contribution in [2.24, 2.45) is 0 Å². The summed E-state index contributed by atoms with van der Waals surface area (Å²) >= 11 is 3.10. The van der Waals surface area contributed by atoms with Gasteiger partial charge < -0.3 is 20.8 Å². The number of carboxylic acids is 1. The van der Waals surface area contributed by atoms with E-state index in [-0.39, 0.29) is 11.4 Å². The van der Waals surface area contributed by atoms with Crippen LogP contribution in [-0.4, -0.2) is 39.3 Å². The standard InChI is InChI=1S/C11H12BrN3O6/c1-5(16)9(10(17)18)14-11(19)13-8-4-6(15(20)21)2-3-7(8)12/h2-5,9,16H,1H3,(H,17,18)(H2,13,14,19)/t5-,9+/m1/s1. The summed E-state index contributed by atoms with van der Waals surface area (Å²) < 4.78 is 0.382. The second-order valence-corrected chi connectivity index (χ2v) is 4.93. The van der Waals surface area contributed by atoms with Crippen molar-refractivity contribution in [3.63, 3.8) is 0 Å². The van der Waals surface area contributed by atoms with Gasteiger partial charge in [0.2, 0.25) is 0 Å². The fourth-order valence-corrected chi connectivity index (χ4v) is 1.76. The normalized spacial score (nSPS) is 13.1. The highest BCUT2D eigenvalue weighted by atomic mass is 79.9. The van der Waals surface area contributed by atoms with Crippen LogP contribution in [0.3, 0.4) is 0 Å². The Balaban J connectivity index is 2.85. The van der Waals surface area contributed by atoms with Crippen LogP contribution < -0.4 is 10.6 Å². The zero-order chi connectivity index (χ0) is 16.2. The number of rotatable bonds is 5. The molecule has 2 atom stereocenters. The molecule has 0 unspecified atom stereocenters. The molecule has 1 rings (SSSR count). The van der Waals surface area contributed by atoms with E-state index in [1.807, 2.05) is 0 Å². The number of nitrogens with one attached hydrogen (secondary N) is 2. The number of nitro benzene ring substituents is 1. The Bertz CT molecular complexity index is 577. The highest BCUT2D eigenvalue weighted by Gasteiger charge is 2.25. The Kier molecular flexibility index (Phi) is 5.61. The van der Waals surface area contributed by atoms with Gasteiger partial charge in [0.05, 0.1) is 16.7 Å². The smallest absolute Gasteiger partial charge is 0.328 e. The van der Waals surface area contributed by atoms with Gasteiger partial charge in [0.1, 0.15) is 0 Å². The fourth-order valence-electron chi connectivity index (χ4n) is 1.41. The van der Waals surface area contributed by atoms with Crippen LogP contribution in [0.25, 0.3) is 0 Å². The number of non-ortho nitro benzene ring substituents is 1. The van der Waals surface area contributed by atoms with Gasteiger partial charge in [-0.2, -0.15) is 0 Å². The number of hydrogen-bond acceptors (Lipinski definition) is 5. The molecule has 0 fully saturated rings. The predicted molar refractivity (Wildman–Crippen MR) is 76.1 cm³/mol. The van der Waals surface area contributed by atoms with E-state index in [4.69, 9.17) is 5.11 Å². The lowest BCUT2D eigenvalue weighted by atomic mass is 10.2. The molecule has 0 aliphatic rings. The number of nitrogens with zero attached hydrogens (tertiary/aromatic N) is 1. The lowest BCUT2D eigenvalue weighted by Crippen LogP contribution is -2.49. The van der Waals surface area contributed by atoms with Gasteiger partial charge in [-0.15, -0.1) is 0 Å². The number of anilines is 1. The summed E-state index contributed by atoms with van der Waals surface area (Å²) in [6.07, 6.45) is -1.30. The molecule has 4 N–H and O–H groups in total. The van der Waals surface area contributed by atoms with Crippen molar-refractivity contribution >= 4 is 39.3 Å². The predicted octanol–water partition coefficient (Wildman–Crippen LogP) is 1.31. The molecule has 9 nitrogen and oxygen atoms in total. The van der Waals surface area contributed by atoms with Gasteiger partial charge in [-0.1, -0.05) is 0 Å². The van der Waals surface area contributed by atoms with E-state index in [0.29, 0.717) is 4.47 Å². The van der Waals surface area contributed by atoms with E-state index >= 15 is 0 Å². The Labute approximate surface area is 127 Å². The van der Waals surface area contributed by atoms with E-state index in [1.165, 1.54) is 19.1 Å². The number of benzene rings is 1. The number of urea groups is 1. The van der Waals surface area contributed by atoms with Gasteiger partial charge in [-0.3, -0.25) is 10.1 Å². The molecular weight excluding hydrogens is 350 g/mol. The van der Waals surface area contributed by atoms with Crippen LogP contribution in [0.5, 0.6) is 0 Å². The van der Waals surface area contributed by atoms with Crippen LogP contribution in [0.15, 0.2) is 22.7 Å². The Morgan fingerprint density at radius 1 is 1.43 bits per heavy atom. The van der Waals surface area contributed by atoms with Gasteiger partial charge in [0.15, 0.2) is 6.04 Å². The third-order valence-corrected chi connectivity index (χ3v) is 3.14. The van der Waals surface area contributed by atoms with Gasteiger partial charge in [0.25, 0.3) is 5.69 Å². The topological polar surface area (TPSA) is 142 Å². The number of amides is 2. The van der Waals surface area contributed by atoms with Gasteiger partial charge in [-0.25, -0.2) is 9.59 Å².